The number of anilines is 1. The second-order valence-corrected chi connectivity index (χ2v) is 4.95. The highest BCUT2D eigenvalue weighted by Crippen LogP contribution is 2.14. The molecule has 0 bridgehead atoms. The lowest BCUT2D eigenvalue weighted by molar-refractivity contribution is -0.118. The molecule has 0 radical (unpaired) electrons. The van der Waals surface area contributed by atoms with Crippen LogP contribution in [0.15, 0.2) is 24.3 Å². The minimum Gasteiger partial charge on any atom is -0.376 e. The molecular formula is C13H18ClN3O2. The van der Waals surface area contributed by atoms with Crippen molar-refractivity contribution in [1.29, 1.82) is 0 Å². The van der Waals surface area contributed by atoms with E-state index in [0.717, 1.165) is 5.69 Å². The summed E-state index contributed by atoms with van der Waals surface area (Å²) in [5.41, 5.74) is 0.727. The van der Waals surface area contributed by atoms with Gasteiger partial charge in [-0.05, 0) is 24.1 Å². The number of amides is 3. The van der Waals surface area contributed by atoms with Crippen LogP contribution >= 0.6 is 11.6 Å². The van der Waals surface area contributed by atoms with Gasteiger partial charge in [0, 0.05) is 17.3 Å². The standard InChI is InChI=1S/C13H18ClN3O2/c1-9(2)7-16-13(19)17-12(18)8-15-11-5-3-4-10(14)6-11/h3-6,9,15H,7-8H2,1-2H3,(H2,16,17,18,19). The Kier molecular flexibility index (Phi) is 6.15. The summed E-state index contributed by atoms with van der Waals surface area (Å²) in [6, 6.07) is 6.53. The van der Waals surface area contributed by atoms with Crippen molar-refractivity contribution in [3.05, 3.63) is 29.3 Å². The molecule has 104 valence electrons. The van der Waals surface area contributed by atoms with E-state index in [1.807, 2.05) is 13.8 Å². The monoisotopic (exact) mass is 283 g/mol. The van der Waals surface area contributed by atoms with E-state index in [2.05, 4.69) is 16.0 Å². The van der Waals surface area contributed by atoms with Gasteiger partial charge in [0.1, 0.15) is 0 Å². The molecule has 19 heavy (non-hydrogen) atoms. The first-order valence-electron chi connectivity index (χ1n) is 6.04. The third kappa shape index (κ3) is 6.67. The lowest BCUT2D eigenvalue weighted by atomic mass is 10.2. The maximum absolute atomic E-state index is 11.5. The molecule has 1 aromatic rings. The van der Waals surface area contributed by atoms with Crippen LogP contribution < -0.4 is 16.0 Å². The molecule has 0 spiro atoms. The summed E-state index contributed by atoms with van der Waals surface area (Å²) in [7, 11) is 0. The maximum atomic E-state index is 11.5. The van der Waals surface area contributed by atoms with Crippen molar-refractivity contribution in [2.45, 2.75) is 13.8 Å². The number of carbonyl (C=O) groups excluding carboxylic acids is 2. The van der Waals surface area contributed by atoms with Gasteiger partial charge < -0.3 is 10.6 Å². The van der Waals surface area contributed by atoms with Gasteiger partial charge in [0.2, 0.25) is 5.91 Å². The topological polar surface area (TPSA) is 70.2 Å². The number of carbonyl (C=O) groups is 2. The van der Waals surface area contributed by atoms with E-state index in [-0.39, 0.29) is 6.54 Å². The molecule has 0 fully saturated rings. The molecule has 0 saturated carbocycles. The zero-order chi connectivity index (χ0) is 14.3. The summed E-state index contributed by atoms with van der Waals surface area (Å²) in [5.74, 6) is -0.0633. The molecule has 1 aromatic carbocycles. The van der Waals surface area contributed by atoms with Crippen molar-refractivity contribution in [1.82, 2.24) is 10.6 Å². The van der Waals surface area contributed by atoms with Crippen LogP contribution in [0.3, 0.4) is 0 Å². The summed E-state index contributed by atoms with van der Waals surface area (Å²) >= 11 is 5.81. The molecular weight excluding hydrogens is 266 g/mol. The van der Waals surface area contributed by atoms with Crippen LogP contribution in [-0.2, 0) is 4.79 Å². The molecule has 6 heteroatoms. The minimum absolute atomic E-state index is 0.00937. The highest BCUT2D eigenvalue weighted by molar-refractivity contribution is 6.30. The number of nitrogens with one attached hydrogen (secondary N) is 3. The second kappa shape index (κ2) is 7.63. The van der Waals surface area contributed by atoms with Crippen LogP contribution in [0.2, 0.25) is 5.02 Å². The van der Waals surface area contributed by atoms with Gasteiger partial charge in [-0.25, -0.2) is 4.79 Å². The minimum atomic E-state index is -0.480. The van der Waals surface area contributed by atoms with Gasteiger partial charge in [-0.15, -0.1) is 0 Å². The number of halogens is 1. The third-order valence-corrected chi connectivity index (χ3v) is 2.44. The fraction of sp³-hybridized carbons (Fsp3) is 0.385. The zero-order valence-electron chi connectivity index (χ0n) is 11.0. The predicted molar refractivity (Wildman–Crippen MR) is 76.3 cm³/mol. The molecule has 0 saturated heterocycles. The average Bonchev–Trinajstić information content (AvgIpc) is 2.34. The van der Waals surface area contributed by atoms with E-state index in [4.69, 9.17) is 11.6 Å². The fourth-order valence-corrected chi connectivity index (χ4v) is 1.48. The van der Waals surface area contributed by atoms with Gasteiger partial charge in [0.15, 0.2) is 0 Å². The molecule has 0 aromatic heterocycles. The zero-order valence-corrected chi connectivity index (χ0v) is 11.8. The molecule has 5 nitrogen and oxygen atoms in total. The van der Waals surface area contributed by atoms with Crippen LogP contribution in [0.4, 0.5) is 10.5 Å². The molecule has 0 aliphatic carbocycles. The highest BCUT2D eigenvalue weighted by Gasteiger charge is 2.07. The molecule has 3 N–H and O–H groups in total. The lowest BCUT2D eigenvalue weighted by Gasteiger charge is -2.09. The first kappa shape index (κ1) is 15.3. The van der Waals surface area contributed by atoms with E-state index >= 15 is 0 Å². The van der Waals surface area contributed by atoms with Gasteiger partial charge in [0.25, 0.3) is 0 Å². The Labute approximate surface area is 117 Å². The first-order chi connectivity index (χ1) is 8.97. The normalized spacial score (nSPS) is 10.1. The molecule has 3 amide bonds. The van der Waals surface area contributed by atoms with E-state index in [1.54, 1.807) is 24.3 Å². The first-order valence-corrected chi connectivity index (χ1v) is 6.42. The summed E-state index contributed by atoms with van der Waals surface area (Å²) < 4.78 is 0. The predicted octanol–water partition coefficient (Wildman–Crippen LogP) is 2.23. The summed E-state index contributed by atoms with van der Waals surface area (Å²) in [6.45, 7) is 4.49. The molecule has 1 rings (SSSR count). The van der Waals surface area contributed by atoms with E-state index in [9.17, 15) is 9.59 Å². The molecule has 0 aliphatic heterocycles. The van der Waals surface area contributed by atoms with Crippen molar-refractivity contribution in [3.8, 4) is 0 Å². The smallest absolute Gasteiger partial charge is 0.321 e. The van der Waals surface area contributed by atoms with Gasteiger partial charge in [0.05, 0.1) is 6.54 Å². The summed E-state index contributed by atoms with van der Waals surface area (Å²) in [4.78, 5) is 22.8. The Morgan fingerprint density at radius 3 is 2.68 bits per heavy atom. The van der Waals surface area contributed by atoms with Crippen LogP contribution in [0.25, 0.3) is 0 Å². The Hall–Kier alpha value is -1.75. The fourth-order valence-electron chi connectivity index (χ4n) is 1.29. The van der Waals surface area contributed by atoms with Crippen molar-refractivity contribution < 1.29 is 9.59 Å². The van der Waals surface area contributed by atoms with Crippen molar-refractivity contribution in [2.24, 2.45) is 5.92 Å². The van der Waals surface area contributed by atoms with Gasteiger partial charge in [-0.2, -0.15) is 0 Å². The number of hydrogen-bond acceptors (Lipinski definition) is 3. The number of benzene rings is 1. The van der Waals surface area contributed by atoms with Gasteiger partial charge in [-0.3, -0.25) is 10.1 Å². The van der Waals surface area contributed by atoms with Crippen molar-refractivity contribution >= 4 is 29.2 Å². The highest BCUT2D eigenvalue weighted by atomic mass is 35.5. The van der Waals surface area contributed by atoms with Gasteiger partial charge in [-0.1, -0.05) is 31.5 Å². The van der Waals surface area contributed by atoms with Crippen LogP contribution in [0, 0.1) is 5.92 Å². The lowest BCUT2D eigenvalue weighted by Crippen LogP contribution is -2.43. The van der Waals surface area contributed by atoms with E-state index in [0.29, 0.717) is 17.5 Å². The van der Waals surface area contributed by atoms with Crippen LogP contribution in [0.5, 0.6) is 0 Å². The number of urea groups is 1. The number of imide groups is 1. The molecule has 0 unspecified atom stereocenters. The van der Waals surface area contributed by atoms with Crippen molar-refractivity contribution in [2.75, 3.05) is 18.4 Å². The maximum Gasteiger partial charge on any atom is 0.321 e. The van der Waals surface area contributed by atoms with Crippen molar-refractivity contribution in [3.63, 3.8) is 0 Å². The Morgan fingerprint density at radius 1 is 1.32 bits per heavy atom. The Balaban J connectivity index is 2.30. The average molecular weight is 284 g/mol. The Bertz CT molecular complexity index is 449. The van der Waals surface area contributed by atoms with Crippen LogP contribution in [-0.4, -0.2) is 25.0 Å². The van der Waals surface area contributed by atoms with E-state index < -0.39 is 11.9 Å². The molecule has 0 heterocycles. The van der Waals surface area contributed by atoms with Crippen LogP contribution in [0.1, 0.15) is 13.8 Å². The largest absolute Gasteiger partial charge is 0.376 e. The quantitative estimate of drug-likeness (QED) is 0.776. The third-order valence-electron chi connectivity index (χ3n) is 2.20. The number of rotatable bonds is 5. The summed E-state index contributed by atoms with van der Waals surface area (Å²) in [5, 5.41) is 8.30. The molecule has 0 atom stereocenters. The number of hydrogen-bond donors (Lipinski definition) is 3. The summed E-state index contributed by atoms with van der Waals surface area (Å²) in [6.07, 6.45) is 0. The Morgan fingerprint density at radius 2 is 2.05 bits per heavy atom. The van der Waals surface area contributed by atoms with E-state index in [1.165, 1.54) is 0 Å². The second-order valence-electron chi connectivity index (χ2n) is 4.52. The molecule has 0 aliphatic rings. The SMILES string of the molecule is CC(C)CNC(=O)NC(=O)CNc1cccc(Cl)c1. The van der Waals surface area contributed by atoms with Gasteiger partial charge >= 0.3 is 6.03 Å².